The quantitative estimate of drug-likeness (QED) is 0.229. The Balaban J connectivity index is 2.09. The number of nitrogens with zero attached hydrogens (tertiary/aromatic N) is 2. The Hall–Kier alpha value is -2.32. The average Bonchev–Trinajstić information content (AvgIpc) is 3.52. The fourth-order valence-electron chi connectivity index (χ4n) is 4.10. The van der Waals surface area contributed by atoms with Crippen LogP contribution in [0.25, 0.3) is 0 Å². The molecule has 3 rings (SSSR count). The number of cyclic esters (lactones) is 3. The summed E-state index contributed by atoms with van der Waals surface area (Å²) in [4.78, 5) is 60.4. The summed E-state index contributed by atoms with van der Waals surface area (Å²) in [5.74, 6) is -4.08. The number of alkyl halides is 2. The van der Waals surface area contributed by atoms with Crippen molar-refractivity contribution < 1.29 is 43.2 Å². The van der Waals surface area contributed by atoms with Crippen molar-refractivity contribution >= 4 is 69.8 Å². The molecule has 0 radical (unpaired) electrons. The van der Waals surface area contributed by atoms with E-state index in [1.54, 1.807) is 6.92 Å². The molecular weight excluding hydrogens is 631 g/mol. The highest BCUT2D eigenvalue weighted by atomic mass is 35.5. The van der Waals surface area contributed by atoms with Gasteiger partial charge in [0, 0.05) is 17.7 Å². The fraction of sp³-hybridized carbons (Fsp3) is 0.630. The van der Waals surface area contributed by atoms with E-state index in [0.29, 0.717) is 12.8 Å². The van der Waals surface area contributed by atoms with Crippen molar-refractivity contribution in [1.82, 2.24) is 9.97 Å². The highest BCUT2D eigenvalue weighted by molar-refractivity contribution is 7.10. The lowest BCUT2D eigenvalue weighted by atomic mass is 9.97. The Morgan fingerprint density at radius 2 is 1.62 bits per heavy atom. The number of esters is 4. The third kappa shape index (κ3) is 8.85. The third-order valence-corrected chi connectivity index (χ3v) is 8.50. The van der Waals surface area contributed by atoms with Gasteiger partial charge in [-0.3, -0.25) is 9.59 Å². The first-order chi connectivity index (χ1) is 19.3. The first-order valence-electron chi connectivity index (χ1n) is 13.1. The van der Waals surface area contributed by atoms with Crippen molar-refractivity contribution in [3.63, 3.8) is 0 Å². The van der Waals surface area contributed by atoms with Crippen molar-refractivity contribution in [2.45, 2.75) is 102 Å². The van der Waals surface area contributed by atoms with Gasteiger partial charge in [0.2, 0.25) is 0 Å². The topological polar surface area (TPSA) is 151 Å². The highest BCUT2D eigenvalue weighted by Gasteiger charge is 2.42. The minimum atomic E-state index is -1.60. The number of carbonyl (C=O) groups excluding carboxylic acids is 4. The molecule has 4 atom stereocenters. The van der Waals surface area contributed by atoms with Crippen LogP contribution in [0.1, 0.15) is 111 Å². The minimum Gasteiger partial charge on any atom is -0.457 e. The second kappa shape index (κ2) is 13.1. The van der Waals surface area contributed by atoms with Gasteiger partial charge >= 0.3 is 23.9 Å². The van der Waals surface area contributed by atoms with Crippen LogP contribution in [-0.2, 0) is 28.5 Å². The first-order valence-corrected chi connectivity index (χ1v) is 15.6. The zero-order valence-corrected chi connectivity index (χ0v) is 27.4. The van der Waals surface area contributed by atoms with E-state index in [0.717, 1.165) is 22.7 Å². The van der Waals surface area contributed by atoms with Gasteiger partial charge in [0.05, 0.1) is 5.92 Å². The molecule has 0 saturated carbocycles. The lowest BCUT2D eigenvalue weighted by Crippen LogP contribution is -2.38. The summed E-state index contributed by atoms with van der Waals surface area (Å²) >= 11 is 14.2. The van der Waals surface area contributed by atoms with E-state index in [9.17, 15) is 24.3 Å². The Bertz CT molecular complexity index is 1310. The highest BCUT2D eigenvalue weighted by Crippen LogP contribution is 2.38. The molecule has 1 aliphatic rings. The number of carbonyl (C=O) groups is 4. The molecule has 4 bridgehead atoms. The predicted octanol–water partition coefficient (Wildman–Crippen LogP) is 5.73. The van der Waals surface area contributed by atoms with Crippen molar-refractivity contribution in [3.8, 4) is 0 Å². The van der Waals surface area contributed by atoms with Gasteiger partial charge in [-0.1, -0.05) is 0 Å². The molecule has 2 aromatic rings. The molecule has 11 nitrogen and oxygen atoms in total. The fourth-order valence-corrected chi connectivity index (χ4v) is 6.35. The Labute approximate surface area is 261 Å². The molecule has 1 aliphatic heterocycles. The molecule has 2 aromatic heterocycles. The Morgan fingerprint density at radius 1 is 1.05 bits per heavy atom. The number of halogens is 2. The lowest BCUT2D eigenvalue weighted by Gasteiger charge is -2.31. The molecule has 0 aromatic carbocycles. The second-order valence-corrected chi connectivity index (χ2v) is 14.9. The average molecular weight is 666 g/mol. The molecule has 232 valence electrons. The maximum atomic E-state index is 13.4. The summed E-state index contributed by atoms with van der Waals surface area (Å²) in [6.45, 7) is 10.3. The van der Waals surface area contributed by atoms with Gasteiger partial charge < -0.3 is 24.1 Å². The van der Waals surface area contributed by atoms with Gasteiger partial charge in [-0.15, -0.1) is 45.9 Å². The maximum absolute atomic E-state index is 13.4. The Kier molecular flexibility index (Phi) is 10.7. The molecule has 0 spiro atoms. The maximum Gasteiger partial charge on any atom is 0.358 e. The van der Waals surface area contributed by atoms with Gasteiger partial charge in [-0.2, -0.15) is 0 Å². The summed E-state index contributed by atoms with van der Waals surface area (Å²) in [5.41, 5.74) is -3.25. The number of aliphatic hydroxyl groups is 1. The largest absolute Gasteiger partial charge is 0.457 e. The summed E-state index contributed by atoms with van der Waals surface area (Å²) < 4.78 is 21.6. The molecule has 0 aliphatic carbocycles. The van der Waals surface area contributed by atoms with E-state index < -0.39 is 63.6 Å². The van der Waals surface area contributed by atoms with Crippen LogP contribution in [0, 0.1) is 5.92 Å². The summed E-state index contributed by atoms with van der Waals surface area (Å²) in [6, 6.07) is 0. The molecule has 42 heavy (non-hydrogen) atoms. The molecule has 0 amide bonds. The predicted molar refractivity (Wildman–Crippen MR) is 156 cm³/mol. The molecule has 0 fully saturated rings. The van der Waals surface area contributed by atoms with Gasteiger partial charge in [-0.25, -0.2) is 19.6 Å². The number of ether oxygens (including phenoxy) is 4. The van der Waals surface area contributed by atoms with Crippen LogP contribution in [-0.4, -0.2) is 60.6 Å². The summed E-state index contributed by atoms with van der Waals surface area (Å²) in [6.07, 6.45) is -2.42. The van der Waals surface area contributed by atoms with Gasteiger partial charge in [0.1, 0.15) is 26.1 Å². The van der Waals surface area contributed by atoms with E-state index in [1.165, 1.54) is 52.3 Å². The monoisotopic (exact) mass is 664 g/mol. The zero-order valence-electron chi connectivity index (χ0n) is 24.3. The number of fused-ring (bicyclic) bond motifs is 4. The smallest absolute Gasteiger partial charge is 0.358 e. The first kappa shape index (κ1) is 34.2. The molecule has 1 N–H and O–H groups in total. The van der Waals surface area contributed by atoms with Crippen molar-refractivity contribution in [2.75, 3.05) is 0 Å². The second-order valence-electron chi connectivity index (χ2n) is 11.3. The van der Waals surface area contributed by atoms with Crippen LogP contribution in [0.4, 0.5) is 0 Å². The number of thiazole rings is 2. The summed E-state index contributed by atoms with van der Waals surface area (Å²) in [5, 5.41) is 14.0. The minimum absolute atomic E-state index is 0.0956. The zero-order chi connectivity index (χ0) is 31.6. The van der Waals surface area contributed by atoms with Crippen LogP contribution >= 0.6 is 45.9 Å². The molecular formula is C27H34Cl2N2O9S2. The van der Waals surface area contributed by atoms with E-state index in [2.05, 4.69) is 9.97 Å². The van der Waals surface area contributed by atoms with Crippen LogP contribution in [0.3, 0.4) is 0 Å². The number of hydrogen-bond donors (Lipinski definition) is 1. The number of hydrogen-bond acceptors (Lipinski definition) is 13. The van der Waals surface area contributed by atoms with Crippen molar-refractivity contribution in [2.24, 2.45) is 5.92 Å². The van der Waals surface area contributed by atoms with Gasteiger partial charge in [0.15, 0.2) is 29.2 Å². The molecule has 15 heteroatoms. The van der Waals surface area contributed by atoms with E-state index in [1.807, 2.05) is 0 Å². The van der Waals surface area contributed by atoms with E-state index >= 15 is 0 Å². The normalized spacial score (nSPS) is 23.8. The number of rotatable bonds is 6. The van der Waals surface area contributed by atoms with Crippen molar-refractivity contribution in [3.05, 3.63) is 32.2 Å². The standard InChI is InChI=1S/C27H34Cl2N2O9S2/c1-13-17(9-8-10-27(7,28)29)38-23(34)15-11-42-21(30-15)19(37-14(2)32)26(5,6)40-24(35)16-12-41-20(31-16)18(25(3,4)36)39-22(13)33/h11-13,17-19,36H,8-10H2,1-7H3/t13-,17-,18+,19+/m0/s1. The van der Waals surface area contributed by atoms with Gasteiger partial charge in [0.25, 0.3) is 0 Å². The molecule has 0 unspecified atom stereocenters. The van der Waals surface area contributed by atoms with Crippen molar-refractivity contribution in [1.29, 1.82) is 0 Å². The van der Waals surface area contributed by atoms with Crippen LogP contribution in [0.5, 0.6) is 0 Å². The SMILES string of the molecule is CC(=O)O[C@@H]1c2nc(cs2)C(=O)O[C@@H](CCCC(C)(Cl)Cl)[C@H](C)C(=O)O[C@@H](C(C)(C)O)c2nc(cs2)C(=O)OC1(C)C. The van der Waals surface area contributed by atoms with E-state index in [4.69, 9.17) is 42.1 Å². The lowest BCUT2D eigenvalue weighted by molar-refractivity contribution is -0.171. The van der Waals surface area contributed by atoms with Crippen LogP contribution in [0.2, 0.25) is 0 Å². The van der Waals surface area contributed by atoms with E-state index in [-0.39, 0.29) is 27.8 Å². The Morgan fingerprint density at radius 3 is 2.19 bits per heavy atom. The van der Waals surface area contributed by atoms with Gasteiger partial charge in [-0.05, 0) is 60.8 Å². The van der Waals surface area contributed by atoms with Crippen LogP contribution < -0.4 is 0 Å². The molecule has 3 heterocycles. The summed E-state index contributed by atoms with van der Waals surface area (Å²) in [7, 11) is 0. The van der Waals surface area contributed by atoms with Crippen LogP contribution in [0.15, 0.2) is 10.8 Å². The number of aromatic nitrogens is 2. The molecule has 0 saturated heterocycles. The third-order valence-electron chi connectivity index (χ3n) is 6.35.